The Morgan fingerprint density at radius 3 is 2.65 bits per heavy atom. The SMILES string of the molecule is O=C(NCc1ccnc(-n2cccn2)c1)c1ccc(F)c(S(=O)(=O)N2CCCCC2)c1. The van der Waals surface area contributed by atoms with Gasteiger partial charge in [0.1, 0.15) is 10.7 Å². The molecule has 4 rings (SSSR count). The third-order valence-electron chi connectivity index (χ3n) is 5.13. The maximum Gasteiger partial charge on any atom is 0.251 e. The molecular weight excluding hydrogens is 421 g/mol. The van der Waals surface area contributed by atoms with Crippen LogP contribution in [0.25, 0.3) is 5.82 Å². The summed E-state index contributed by atoms with van der Waals surface area (Å²) < 4.78 is 42.9. The molecule has 0 unspecified atom stereocenters. The first-order valence-electron chi connectivity index (χ1n) is 9.98. The molecule has 0 saturated carbocycles. The van der Waals surface area contributed by atoms with E-state index in [1.807, 2.05) is 0 Å². The van der Waals surface area contributed by atoms with E-state index in [4.69, 9.17) is 0 Å². The number of rotatable bonds is 6. The zero-order chi connectivity index (χ0) is 21.8. The van der Waals surface area contributed by atoms with E-state index in [-0.39, 0.29) is 12.1 Å². The van der Waals surface area contributed by atoms with E-state index < -0.39 is 26.6 Å². The minimum Gasteiger partial charge on any atom is -0.348 e. The summed E-state index contributed by atoms with van der Waals surface area (Å²) in [6.45, 7) is 0.916. The molecule has 1 N–H and O–H groups in total. The molecule has 31 heavy (non-hydrogen) atoms. The zero-order valence-corrected chi connectivity index (χ0v) is 17.6. The first-order chi connectivity index (χ1) is 14.9. The van der Waals surface area contributed by atoms with Crippen LogP contribution in [-0.4, -0.2) is 46.5 Å². The molecule has 3 heterocycles. The first kappa shape index (κ1) is 21.1. The van der Waals surface area contributed by atoms with Gasteiger partial charge in [-0.1, -0.05) is 6.42 Å². The molecule has 0 bridgehead atoms. The standard InChI is InChI=1S/C21H22FN5O3S/c22-18-6-5-17(14-19(18)31(29,30)26-10-2-1-3-11-26)21(28)24-15-16-7-9-23-20(13-16)27-12-4-8-25-27/h4-9,12-14H,1-3,10-11,15H2,(H,24,28). The van der Waals surface area contributed by atoms with Crippen molar-refractivity contribution in [3.8, 4) is 5.82 Å². The van der Waals surface area contributed by atoms with E-state index in [0.717, 1.165) is 37.0 Å². The summed E-state index contributed by atoms with van der Waals surface area (Å²) in [4.78, 5) is 16.4. The summed E-state index contributed by atoms with van der Waals surface area (Å²) in [5, 5.41) is 6.86. The quantitative estimate of drug-likeness (QED) is 0.631. The van der Waals surface area contributed by atoms with Gasteiger partial charge in [-0.3, -0.25) is 4.79 Å². The summed E-state index contributed by atoms with van der Waals surface area (Å²) >= 11 is 0. The van der Waals surface area contributed by atoms with Gasteiger partial charge in [-0.05, 0) is 54.8 Å². The Balaban J connectivity index is 1.49. The Labute approximate surface area is 179 Å². The van der Waals surface area contributed by atoms with Gasteiger partial charge in [-0.2, -0.15) is 9.40 Å². The number of hydrogen-bond acceptors (Lipinski definition) is 5. The second kappa shape index (κ2) is 8.94. The van der Waals surface area contributed by atoms with Gasteiger partial charge in [0.25, 0.3) is 5.91 Å². The van der Waals surface area contributed by atoms with Gasteiger partial charge in [0.15, 0.2) is 5.82 Å². The number of aromatic nitrogens is 3. The molecule has 1 aliphatic heterocycles. The predicted octanol–water partition coefficient (Wildman–Crippen LogP) is 2.51. The first-order valence-corrected chi connectivity index (χ1v) is 11.4. The fourth-order valence-electron chi connectivity index (χ4n) is 3.47. The van der Waals surface area contributed by atoms with E-state index in [9.17, 15) is 17.6 Å². The lowest BCUT2D eigenvalue weighted by molar-refractivity contribution is 0.0950. The lowest BCUT2D eigenvalue weighted by Gasteiger charge is -2.26. The number of carbonyl (C=O) groups is 1. The minimum absolute atomic E-state index is 0.0818. The van der Waals surface area contributed by atoms with Crippen molar-refractivity contribution in [1.29, 1.82) is 0 Å². The van der Waals surface area contributed by atoms with Crippen molar-refractivity contribution in [2.75, 3.05) is 13.1 Å². The van der Waals surface area contributed by atoms with Gasteiger partial charge in [0.05, 0.1) is 0 Å². The summed E-state index contributed by atoms with van der Waals surface area (Å²) in [7, 11) is -3.99. The maximum absolute atomic E-state index is 14.4. The Hall–Kier alpha value is -3.11. The molecule has 3 aromatic rings. The molecule has 8 nitrogen and oxygen atoms in total. The average molecular weight is 444 g/mol. The Morgan fingerprint density at radius 1 is 1.10 bits per heavy atom. The van der Waals surface area contributed by atoms with Crippen LogP contribution in [0.2, 0.25) is 0 Å². The number of pyridine rings is 1. The molecule has 162 valence electrons. The molecule has 1 aliphatic rings. The van der Waals surface area contributed by atoms with E-state index in [0.29, 0.717) is 18.9 Å². The summed E-state index contributed by atoms with van der Waals surface area (Å²) in [5.41, 5.74) is 0.871. The normalized spacial score (nSPS) is 15.0. The van der Waals surface area contributed by atoms with Crippen LogP contribution in [0.15, 0.2) is 59.9 Å². The molecular formula is C21H22FN5O3S. The van der Waals surface area contributed by atoms with Crippen molar-refractivity contribution in [3.05, 3.63) is 71.9 Å². The largest absolute Gasteiger partial charge is 0.348 e. The number of nitrogens with zero attached hydrogens (tertiary/aromatic N) is 4. The van der Waals surface area contributed by atoms with Crippen LogP contribution in [0.3, 0.4) is 0 Å². The third-order valence-corrected chi connectivity index (χ3v) is 7.04. The molecule has 2 aromatic heterocycles. The highest BCUT2D eigenvalue weighted by Crippen LogP contribution is 2.24. The molecule has 1 saturated heterocycles. The zero-order valence-electron chi connectivity index (χ0n) is 16.7. The molecule has 1 fully saturated rings. The van der Waals surface area contributed by atoms with Crippen molar-refractivity contribution in [1.82, 2.24) is 24.4 Å². The number of nitrogens with one attached hydrogen (secondary N) is 1. The number of sulfonamides is 1. The highest BCUT2D eigenvalue weighted by Gasteiger charge is 2.29. The average Bonchev–Trinajstić information content (AvgIpc) is 3.33. The molecule has 0 aliphatic carbocycles. The van der Waals surface area contributed by atoms with E-state index in [1.165, 1.54) is 10.4 Å². The van der Waals surface area contributed by atoms with Gasteiger partial charge in [-0.25, -0.2) is 22.5 Å². The number of amides is 1. The van der Waals surface area contributed by atoms with Gasteiger partial charge >= 0.3 is 0 Å². The van der Waals surface area contributed by atoms with Gasteiger partial charge in [0.2, 0.25) is 10.0 Å². The number of hydrogen-bond donors (Lipinski definition) is 1. The van der Waals surface area contributed by atoms with Crippen LogP contribution < -0.4 is 5.32 Å². The smallest absolute Gasteiger partial charge is 0.251 e. The van der Waals surface area contributed by atoms with Crippen molar-refractivity contribution < 1.29 is 17.6 Å². The topological polar surface area (TPSA) is 97.2 Å². The number of carbonyl (C=O) groups excluding carboxylic acids is 1. The highest BCUT2D eigenvalue weighted by molar-refractivity contribution is 7.89. The predicted molar refractivity (Wildman–Crippen MR) is 112 cm³/mol. The van der Waals surface area contributed by atoms with E-state index in [1.54, 1.807) is 41.5 Å². The van der Waals surface area contributed by atoms with Gasteiger partial charge in [0, 0.05) is 43.8 Å². The highest BCUT2D eigenvalue weighted by atomic mass is 32.2. The van der Waals surface area contributed by atoms with Crippen LogP contribution >= 0.6 is 0 Å². The lowest BCUT2D eigenvalue weighted by Crippen LogP contribution is -2.36. The number of piperidine rings is 1. The lowest BCUT2D eigenvalue weighted by atomic mass is 10.2. The fraction of sp³-hybridized carbons (Fsp3) is 0.286. The monoisotopic (exact) mass is 443 g/mol. The van der Waals surface area contributed by atoms with E-state index in [2.05, 4.69) is 15.4 Å². The van der Waals surface area contributed by atoms with Crippen molar-refractivity contribution >= 4 is 15.9 Å². The van der Waals surface area contributed by atoms with Crippen LogP contribution in [0.5, 0.6) is 0 Å². The van der Waals surface area contributed by atoms with Crippen LogP contribution in [0.1, 0.15) is 35.2 Å². The van der Waals surface area contributed by atoms with Gasteiger partial charge < -0.3 is 5.32 Å². The summed E-state index contributed by atoms with van der Waals surface area (Å²) in [5.74, 6) is -0.749. The third kappa shape index (κ3) is 4.64. The van der Waals surface area contributed by atoms with E-state index >= 15 is 0 Å². The molecule has 0 spiro atoms. The molecule has 10 heteroatoms. The Bertz CT molecular complexity index is 1180. The van der Waals surface area contributed by atoms with Crippen molar-refractivity contribution in [2.24, 2.45) is 0 Å². The molecule has 0 atom stereocenters. The fourth-order valence-corrected chi connectivity index (χ4v) is 5.08. The summed E-state index contributed by atoms with van der Waals surface area (Å²) in [6.07, 6.45) is 7.45. The van der Waals surface area contributed by atoms with Crippen LogP contribution in [-0.2, 0) is 16.6 Å². The molecule has 0 radical (unpaired) electrons. The van der Waals surface area contributed by atoms with Crippen LogP contribution in [0.4, 0.5) is 4.39 Å². The number of benzene rings is 1. The van der Waals surface area contributed by atoms with Crippen LogP contribution in [0, 0.1) is 5.82 Å². The number of halogens is 1. The second-order valence-corrected chi connectivity index (χ2v) is 9.17. The second-order valence-electron chi connectivity index (χ2n) is 7.27. The molecule has 1 aromatic carbocycles. The van der Waals surface area contributed by atoms with Crippen molar-refractivity contribution in [3.63, 3.8) is 0 Å². The molecule has 1 amide bonds. The van der Waals surface area contributed by atoms with Gasteiger partial charge in [-0.15, -0.1) is 0 Å². The Kier molecular flexibility index (Phi) is 6.10. The minimum atomic E-state index is -3.99. The van der Waals surface area contributed by atoms with Crippen molar-refractivity contribution in [2.45, 2.75) is 30.7 Å². The Morgan fingerprint density at radius 2 is 1.90 bits per heavy atom. The summed E-state index contributed by atoms with van der Waals surface area (Å²) in [6, 6.07) is 8.72. The maximum atomic E-state index is 14.4.